The second-order valence-corrected chi connectivity index (χ2v) is 1.83. The maximum atomic E-state index is 9.92. The average molecular weight is 136 g/mol. The van der Waals surface area contributed by atoms with E-state index in [1.165, 1.54) is 0 Å². The van der Waals surface area contributed by atoms with Gasteiger partial charge in [-0.15, -0.1) is 0 Å². The summed E-state index contributed by atoms with van der Waals surface area (Å²) < 4.78 is 0. The van der Waals surface area contributed by atoms with Crippen molar-refractivity contribution in [3.05, 3.63) is 46.3 Å². The van der Waals surface area contributed by atoms with Crippen LogP contribution in [0, 0.1) is 10.4 Å². The van der Waals surface area contributed by atoms with Crippen LogP contribution in [0.1, 0.15) is 5.56 Å². The molecule has 0 N–H and O–H groups in total. The SMILES string of the molecule is [O-][N+]([O-])=Cc1ccccc1. The highest BCUT2D eigenvalue weighted by Crippen LogP contribution is 1.92. The van der Waals surface area contributed by atoms with Crippen LogP contribution in [-0.2, 0) is 0 Å². The van der Waals surface area contributed by atoms with Gasteiger partial charge in [-0.3, -0.25) is 0 Å². The molecule has 0 amide bonds. The molecule has 0 fully saturated rings. The Balaban J connectivity index is 2.87. The van der Waals surface area contributed by atoms with Gasteiger partial charge in [0.05, 0.1) is 0 Å². The summed E-state index contributed by atoms with van der Waals surface area (Å²) in [6.45, 7) is 0. The van der Waals surface area contributed by atoms with Crippen molar-refractivity contribution in [2.75, 3.05) is 0 Å². The Morgan fingerprint density at radius 1 is 1.10 bits per heavy atom. The predicted octanol–water partition coefficient (Wildman–Crippen LogP) is 1.11. The van der Waals surface area contributed by atoms with Crippen LogP contribution in [0.2, 0.25) is 0 Å². The lowest BCUT2D eigenvalue weighted by Gasteiger charge is -2.00. The summed E-state index contributed by atoms with van der Waals surface area (Å²) in [5.41, 5.74) is 0.618. The molecule has 0 atom stereocenters. The van der Waals surface area contributed by atoms with Crippen LogP contribution in [0.3, 0.4) is 0 Å². The van der Waals surface area contributed by atoms with E-state index in [1.807, 2.05) is 6.07 Å². The van der Waals surface area contributed by atoms with Crippen molar-refractivity contribution < 1.29 is 4.90 Å². The van der Waals surface area contributed by atoms with Gasteiger partial charge in [0.2, 0.25) is 0 Å². The Bertz CT molecular complexity index is 227. The van der Waals surface area contributed by atoms with E-state index < -0.39 is 4.90 Å². The summed E-state index contributed by atoms with van der Waals surface area (Å²) in [7, 11) is 0. The number of rotatable bonds is 1. The fourth-order valence-corrected chi connectivity index (χ4v) is 0.661. The van der Waals surface area contributed by atoms with Gasteiger partial charge in [-0.25, -0.2) is 0 Å². The lowest BCUT2D eigenvalue weighted by atomic mass is 10.2. The fraction of sp³-hybridized carbons (Fsp3) is 0. The van der Waals surface area contributed by atoms with Gasteiger partial charge in [-0.2, -0.15) is 4.90 Å². The normalized spacial score (nSPS) is 8.80. The van der Waals surface area contributed by atoms with Gasteiger partial charge in [0, 0.05) is 5.56 Å². The number of nitrogens with zero attached hydrogens (tertiary/aromatic N) is 1. The molecular formula is C7H6NO2-. The second-order valence-electron chi connectivity index (χ2n) is 1.83. The molecule has 0 bridgehead atoms. The molecule has 1 rings (SSSR count). The molecule has 0 saturated heterocycles. The average Bonchev–Trinajstić information content (AvgIpc) is 1.88. The molecule has 1 aromatic rings. The Morgan fingerprint density at radius 2 is 1.70 bits per heavy atom. The quantitative estimate of drug-likeness (QED) is 0.330. The topological polar surface area (TPSA) is 49.1 Å². The first-order valence-electron chi connectivity index (χ1n) is 2.82. The minimum absolute atomic E-state index is 0.463. The van der Waals surface area contributed by atoms with Crippen LogP contribution in [-0.4, -0.2) is 11.1 Å². The van der Waals surface area contributed by atoms with E-state index in [0.717, 1.165) is 6.21 Å². The molecule has 1 aromatic carbocycles. The molecular weight excluding hydrogens is 130 g/mol. The minimum Gasteiger partial charge on any atom is -0.612 e. The van der Waals surface area contributed by atoms with Crippen molar-refractivity contribution in [3.8, 4) is 0 Å². The molecule has 0 saturated carbocycles. The summed E-state index contributed by atoms with van der Waals surface area (Å²) in [5.74, 6) is 0. The Labute approximate surface area is 58.4 Å². The molecule has 3 heteroatoms. The Morgan fingerprint density at radius 3 is 2.20 bits per heavy atom. The zero-order valence-electron chi connectivity index (χ0n) is 5.23. The molecule has 0 spiro atoms. The summed E-state index contributed by atoms with van der Waals surface area (Å²) >= 11 is 0. The van der Waals surface area contributed by atoms with Crippen LogP contribution in [0.4, 0.5) is 0 Å². The van der Waals surface area contributed by atoms with E-state index in [2.05, 4.69) is 0 Å². The number of hydrogen-bond donors (Lipinski definition) is 0. The third kappa shape index (κ3) is 1.78. The van der Waals surface area contributed by atoms with E-state index in [1.54, 1.807) is 24.3 Å². The first-order valence-corrected chi connectivity index (χ1v) is 2.82. The van der Waals surface area contributed by atoms with Gasteiger partial charge in [0.25, 0.3) is 0 Å². The molecule has 0 heterocycles. The van der Waals surface area contributed by atoms with Gasteiger partial charge < -0.3 is 10.4 Å². The largest absolute Gasteiger partial charge is 0.612 e. The van der Waals surface area contributed by atoms with Crippen LogP contribution in [0.25, 0.3) is 0 Å². The van der Waals surface area contributed by atoms with Crippen molar-refractivity contribution in [3.63, 3.8) is 0 Å². The third-order valence-corrected chi connectivity index (χ3v) is 1.05. The minimum atomic E-state index is -0.463. The van der Waals surface area contributed by atoms with Gasteiger partial charge in [0.15, 0.2) is 6.21 Å². The maximum absolute atomic E-state index is 9.92. The standard InChI is InChI=1S/C7H6NO2/c9-8(10)6-7-4-2-1-3-5-7/h1-6H/q-1. The van der Waals surface area contributed by atoms with E-state index in [0.29, 0.717) is 5.56 Å². The highest BCUT2D eigenvalue weighted by molar-refractivity contribution is 5.75. The zero-order chi connectivity index (χ0) is 7.40. The molecule has 3 nitrogen and oxygen atoms in total. The number of benzene rings is 1. The van der Waals surface area contributed by atoms with E-state index in [4.69, 9.17) is 0 Å². The Hall–Kier alpha value is -1.51. The van der Waals surface area contributed by atoms with Crippen molar-refractivity contribution in [1.82, 2.24) is 0 Å². The monoisotopic (exact) mass is 136 g/mol. The fourth-order valence-electron chi connectivity index (χ4n) is 0.661. The van der Waals surface area contributed by atoms with E-state index in [-0.39, 0.29) is 0 Å². The molecule has 0 aliphatic carbocycles. The highest BCUT2D eigenvalue weighted by Gasteiger charge is 1.85. The van der Waals surface area contributed by atoms with E-state index >= 15 is 0 Å². The van der Waals surface area contributed by atoms with Crippen LogP contribution >= 0.6 is 0 Å². The zero-order valence-corrected chi connectivity index (χ0v) is 5.23. The lowest BCUT2D eigenvalue weighted by Crippen LogP contribution is -1.93. The summed E-state index contributed by atoms with van der Waals surface area (Å²) in [4.78, 5) is -0.463. The summed E-state index contributed by atoms with van der Waals surface area (Å²) in [6, 6.07) is 8.70. The summed E-state index contributed by atoms with van der Waals surface area (Å²) in [6.07, 6.45) is 0.972. The lowest BCUT2D eigenvalue weighted by molar-refractivity contribution is -0.372. The van der Waals surface area contributed by atoms with Gasteiger partial charge in [0.1, 0.15) is 0 Å². The Kier molecular flexibility index (Phi) is 1.89. The van der Waals surface area contributed by atoms with Gasteiger partial charge >= 0.3 is 0 Å². The molecule has 0 unspecified atom stereocenters. The van der Waals surface area contributed by atoms with Crippen molar-refractivity contribution in [1.29, 1.82) is 0 Å². The molecule has 0 aliphatic heterocycles. The first-order chi connectivity index (χ1) is 4.79. The molecule has 52 valence electrons. The van der Waals surface area contributed by atoms with Crippen molar-refractivity contribution >= 4 is 6.21 Å². The van der Waals surface area contributed by atoms with Gasteiger partial charge in [-0.1, -0.05) is 18.2 Å². The van der Waals surface area contributed by atoms with Crippen LogP contribution in [0.5, 0.6) is 0 Å². The molecule has 0 aliphatic rings. The first kappa shape index (κ1) is 6.61. The van der Waals surface area contributed by atoms with Crippen molar-refractivity contribution in [2.45, 2.75) is 0 Å². The second kappa shape index (κ2) is 2.87. The highest BCUT2D eigenvalue weighted by atomic mass is 16.8. The molecule has 0 radical (unpaired) electrons. The predicted molar refractivity (Wildman–Crippen MR) is 38.6 cm³/mol. The maximum Gasteiger partial charge on any atom is 0.193 e. The van der Waals surface area contributed by atoms with Crippen LogP contribution < -0.4 is 0 Å². The third-order valence-electron chi connectivity index (χ3n) is 1.05. The molecule has 0 aromatic heterocycles. The molecule has 10 heavy (non-hydrogen) atoms. The van der Waals surface area contributed by atoms with Crippen molar-refractivity contribution in [2.24, 2.45) is 0 Å². The number of hydrogen-bond acceptors (Lipinski definition) is 2. The smallest absolute Gasteiger partial charge is 0.193 e. The van der Waals surface area contributed by atoms with Gasteiger partial charge in [-0.05, 0) is 12.1 Å². The van der Waals surface area contributed by atoms with Crippen LogP contribution in [0.15, 0.2) is 30.3 Å². The van der Waals surface area contributed by atoms with E-state index in [9.17, 15) is 10.4 Å². The summed E-state index contributed by atoms with van der Waals surface area (Å²) in [5, 5.41) is 19.8.